The minimum absolute atomic E-state index is 0.106. The second kappa shape index (κ2) is 6.63. The molecule has 0 aliphatic rings. The molecule has 0 saturated heterocycles. The number of aromatic nitrogens is 1. The van der Waals surface area contributed by atoms with Crippen LogP contribution < -0.4 is 11.1 Å². The molecule has 2 aromatic rings. The zero-order chi connectivity index (χ0) is 14.4. The van der Waals surface area contributed by atoms with Crippen LogP contribution in [-0.4, -0.2) is 16.0 Å². The maximum atomic E-state index is 13.2. The third-order valence-electron chi connectivity index (χ3n) is 2.85. The number of nitrogens with one attached hydrogen (secondary N) is 1. The fraction of sp³-hybridized carbons (Fsp3) is 0.143. The van der Waals surface area contributed by atoms with E-state index < -0.39 is 5.82 Å². The van der Waals surface area contributed by atoms with Crippen molar-refractivity contribution >= 4 is 5.84 Å². The van der Waals surface area contributed by atoms with Gasteiger partial charge in [-0.1, -0.05) is 11.2 Å². The second-order valence-corrected chi connectivity index (χ2v) is 4.25. The lowest BCUT2D eigenvalue weighted by Gasteiger charge is -2.10. The van der Waals surface area contributed by atoms with E-state index in [4.69, 9.17) is 10.9 Å². The zero-order valence-electron chi connectivity index (χ0n) is 10.8. The molecular formula is C14H15FN4O. The normalized spacial score (nSPS) is 11.6. The lowest BCUT2D eigenvalue weighted by molar-refractivity contribution is 0.318. The Morgan fingerprint density at radius 2 is 2.00 bits per heavy atom. The summed E-state index contributed by atoms with van der Waals surface area (Å²) < 4.78 is 13.2. The number of oxime groups is 1. The minimum atomic E-state index is -0.426. The van der Waals surface area contributed by atoms with Gasteiger partial charge in [0.25, 0.3) is 0 Å². The summed E-state index contributed by atoms with van der Waals surface area (Å²) >= 11 is 0. The summed E-state index contributed by atoms with van der Waals surface area (Å²) in [6, 6.07) is 8.02. The first kappa shape index (κ1) is 14.0. The highest BCUT2D eigenvalue weighted by Crippen LogP contribution is 2.11. The average molecular weight is 274 g/mol. The van der Waals surface area contributed by atoms with Gasteiger partial charge in [-0.2, -0.15) is 0 Å². The quantitative estimate of drug-likeness (QED) is 0.335. The molecule has 4 N–H and O–H groups in total. The standard InChI is InChI=1S/C14H15FN4O/c15-12-2-1-11(13(7-12)14(16)19-20)9-18-8-10-3-5-17-6-4-10/h1-7,18,20H,8-9H2,(H2,16,19). The Bertz CT molecular complexity index is 601. The molecule has 0 aliphatic carbocycles. The van der Waals surface area contributed by atoms with Gasteiger partial charge in [-0.15, -0.1) is 0 Å². The van der Waals surface area contributed by atoms with Gasteiger partial charge in [-0.3, -0.25) is 4.98 Å². The first-order valence-electron chi connectivity index (χ1n) is 6.06. The van der Waals surface area contributed by atoms with Crippen molar-refractivity contribution < 1.29 is 9.60 Å². The van der Waals surface area contributed by atoms with Gasteiger partial charge in [0.05, 0.1) is 0 Å². The fourth-order valence-corrected chi connectivity index (χ4v) is 1.84. The molecule has 0 fully saturated rings. The van der Waals surface area contributed by atoms with E-state index in [0.29, 0.717) is 18.7 Å². The van der Waals surface area contributed by atoms with Crippen LogP contribution in [0, 0.1) is 5.82 Å². The summed E-state index contributed by atoms with van der Waals surface area (Å²) in [7, 11) is 0. The van der Waals surface area contributed by atoms with Crippen LogP contribution >= 0.6 is 0 Å². The molecule has 5 nitrogen and oxygen atoms in total. The number of hydrogen-bond acceptors (Lipinski definition) is 4. The number of hydrogen-bond donors (Lipinski definition) is 3. The van der Waals surface area contributed by atoms with Gasteiger partial charge < -0.3 is 16.3 Å². The van der Waals surface area contributed by atoms with Crippen LogP contribution in [0.2, 0.25) is 0 Å². The molecule has 1 heterocycles. The number of halogens is 1. The number of rotatable bonds is 5. The van der Waals surface area contributed by atoms with Crippen molar-refractivity contribution in [1.29, 1.82) is 0 Å². The molecule has 1 aromatic heterocycles. The predicted octanol–water partition coefficient (Wildman–Crippen LogP) is 1.61. The summed E-state index contributed by atoms with van der Waals surface area (Å²) in [5, 5.41) is 14.9. The van der Waals surface area contributed by atoms with Gasteiger partial charge in [0.2, 0.25) is 0 Å². The van der Waals surface area contributed by atoms with Gasteiger partial charge in [-0.05, 0) is 35.4 Å². The van der Waals surface area contributed by atoms with Crippen molar-refractivity contribution in [2.24, 2.45) is 10.9 Å². The predicted molar refractivity (Wildman–Crippen MR) is 73.7 cm³/mol. The highest BCUT2D eigenvalue weighted by molar-refractivity contribution is 5.98. The van der Waals surface area contributed by atoms with Gasteiger partial charge >= 0.3 is 0 Å². The van der Waals surface area contributed by atoms with Crippen LogP contribution in [0.3, 0.4) is 0 Å². The SMILES string of the molecule is NC(=NO)c1cc(F)ccc1CNCc1ccncc1. The first-order valence-corrected chi connectivity index (χ1v) is 6.06. The molecule has 20 heavy (non-hydrogen) atoms. The largest absolute Gasteiger partial charge is 0.409 e. The zero-order valence-corrected chi connectivity index (χ0v) is 10.8. The van der Waals surface area contributed by atoms with E-state index in [1.807, 2.05) is 12.1 Å². The van der Waals surface area contributed by atoms with E-state index in [0.717, 1.165) is 11.1 Å². The molecule has 104 valence electrons. The van der Waals surface area contributed by atoms with Crippen molar-refractivity contribution in [2.75, 3.05) is 0 Å². The molecule has 0 aliphatic heterocycles. The molecule has 0 saturated carbocycles. The number of nitrogens with two attached hydrogens (primary N) is 1. The molecule has 0 atom stereocenters. The smallest absolute Gasteiger partial charge is 0.170 e. The Morgan fingerprint density at radius 3 is 2.70 bits per heavy atom. The van der Waals surface area contributed by atoms with Gasteiger partial charge in [0, 0.05) is 31.0 Å². The van der Waals surface area contributed by atoms with E-state index in [2.05, 4.69) is 15.5 Å². The number of nitrogens with zero attached hydrogens (tertiary/aromatic N) is 2. The highest BCUT2D eigenvalue weighted by atomic mass is 19.1. The van der Waals surface area contributed by atoms with Crippen LogP contribution in [0.4, 0.5) is 4.39 Å². The molecule has 1 aromatic carbocycles. The van der Waals surface area contributed by atoms with E-state index in [9.17, 15) is 4.39 Å². The Hall–Kier alpha value is -2.47. The van der Waals surface area contributed by atoms with E-state index in [-0.39, 0.29) is 5.84 Å². The minimum Gasteiger partial charge on any atom is -0.409 e. The third-order valence-corrected chi connectivity index (χ3v) is 2.85. The van der Waals surface area contributed by atoms with Gasteiger partial charge in [0.1, 0.15) is 5.82 Å². The summed E-state index contributed by atoms with van der Waals surface area (Å²) in [5.41, 5.74) is 7.78. The summed E-state index contributed by atoms with van der Waals surface area (Å²) in [4.78, 5) is 3.94. The Kier molecular flexibility index (Phi) is 4.62. The third kappa shape index (κ3) is 3.52. The van der Waals surface area contributed by atoms with Crippen LogP contribution in [-0.2, 0) is 13.1 Å². The van der Waals surface area contributed by atoms with E-state index in [1.54, 1.807) is 18.5 Å². The number of benzene rings is 1. The fourth-order valence-electron chi connectivity index (χ4n) is 1.84. The first-order chi connectivity index (χ1) is 9.70. The Morgan fingerprint density at radius 1 is 1.25 bits per heavy atom. The van der Waals surface area contributed by atoms with Gasteiger partial charge in [-0.25, -0.2) is 4.39 Å². The molecule has 0 unspecified atom stereocenters. The van der Waals surface area contributed by atoms with Crippen molar-refractivity contribution in [3.63, 3.8) is 0 Å². The topological polar surface area (TPSA) is 83.5 Å². The molecule has 0 bridgehead atoms. The summed E-state index contributed by atoms with van der Waals surface area (Å²) in [6.07, 6.45) is 3.44. The maximum Gasteiger partial charge on any atom is 0.170 e. The van der Waals surface area contributed by atoms with Crippen LogP contribution in [0.25, 0.3) is 0 Å². The summed E-state index contributed by atoms with van der Waals surface area (Å²) in [5.74, 6) is -0.533. The van der Waals surface area contributed by atoms with Crippen molar-refractivity contribution in [3.05, 3.63) is 65.2 Å². The molecule has 6 heteroatoms. The Labute approximate surface area is 116 Å². The molecule has 2 rings (SSSR count). The molecular weight excluding hydrogens is 259 g/mol. The Balaban J connectivity index is 2.06. The van der Waals surface area contributed by atoms with Crippen molar-refractivity contribution in [2.45, 2.75) is 13.1 Å². The van der Waals surface area contributed by atoms with E-state index in [1.165, 1.54) is 12.1 Å². The maximum absolute atomic E-state index is 13.2. The number of pyridine rings is 1. The van der Waals surface area contributed by atoms with Crippen LogP contribution in [0.15, 0.2) is 47.9 Å². The lowest BCUT2D eigenvalue weighted by Crippen LogP contribution is -2.20. The van der Waals surface area contributed by atoms with Crippen LogP contribution in [0.1, 0.15) is 16.7 Å². The molecule has 0 radical (unpaired) electrons. The lowest BCUT2D eigenvalue weighted by atomic mass is 10.1. The second-order valence-electron chi connectivity index (χ2n) is 4.25. The van der Waals surface area contributed by atoms with E-state index >= 15 is 0 Å². The number of amidine groups is 1. The van der Waals surface area contributed by atoms with Crippen LogP contribution in [0.5, 0.6) is 0 Å². The average Bonchev–Trinajstić information content (AvgIpc) is 2.49. The van der Waals surface area contributed by atoms with Crippen molar-refractivity contribution in [1.82, 2.24) is 10.3 Å². The van der Waals surface area contributed by atoms with Crippen molar-refractivity contribution in [3.8, 4) is 0 Å². The molecule has 0 spiro atoms. The summed E-state index contributed by atoms with van der Waals surface area (Å²) in [6.45, 7) is 1.13. The monoisotopic (exact) mass is 274 g/mol. The van der Waals surface area contributed by atoms with Gasteiger partial charge in [0.15, 0.2) is 5.84 Å². The highest BCUT2D eigenvalue weighted by Gasteiger charge is 2.08. The molecule has 0 amide bonds.